The fourth-order valence-electron chi connectivity index (χ4n) is 2.49. The molecule has 0 fully saturated rings. The van der Waals surface area contributed by atoms with Gasteiger partial charge in [0.25, 0.3) is 0 Å². The van der Waals surface area contributed by atoms with Gasteiger partial charge in [0.15, 0.2) is 11.4 Å². The molecular formula is C15H6ClF2NO. The summed E-state index contributed by atoms with van der Waals surface area (Å²) in [5.41, 5.74) is 0.302. The van der Waals surface area contributed by atoms with Crippen molar-refractivity contribution in [1.29, 1.82) is 0 Å². The number of benzene rings is 2. The van der Waals surface area contributed by atoms with E-state index >= 15 is 0 Å². The molecule has 2 heterocycles. The van der Waals surface area contributed by atoms with Crippen molar-refractivity contribution in [2.24, 2.45) is 0 Å². The van der Waals surface area contributed by atoms with E-state index in [1.807, 2.05) is 0 Å². The van der Waals surface area contributed by atoms with Crippen LogP contribution >= 0.6 is 11.6 Å². The van der Waals surface area contributed by atoms with Crippen LogP contribution in [0.3, 0.4) is 0 Å². The van der Waals surface area contributed by atoms with Crippen LogP contribution in [0, 0.1) is 11.6 Å². The zero-order chi connectivity index (χ0) is 13.9. The van der Waals surface area contributed by atoms with Crippen molar-refractivity contribution in [2.75, 3.05) is 0 Å². The molecule has 2 aromatic carbocycles. The number of pyridine rings is 1. The molecule has 4 rings (SSSR count). The predicted octanol–water partition coefficient (Wildman–Crippen LogP) is 5.07. The van der Waals surface area contributed by atoms with Crippen LogP contribution in [0.25, 0.3) is 32.8 Å². The van der Waals surface area contributed by atoms with Gasteiger partial charge in [0.2, 0.25) is 5.71 Å². The molecule has 0 aliphatic carbocycles. The number of hydrogen-bond donors (Lipinski definition) is 0. The summed E-state index contributed by atoms with van der Waals surface area (Å²) in [6.07, 6.45) is 0. The van der Waals surface area contributed by atoms with Gasteiger partial charge in [0.05, 0.1) is 0 Å². The lowest BCUT2D eigenvalue weighted by molar-refractivity contribution is 0.579. The number of aromatic nitrogens is 1. The first-order valence-corrected chi connectivity index (χ1v) is 6.28. The van der Waals surface area contributed by atoms with Crippen LogP contribution in [0.1, 0.15) is 0 Å². The molecule has 2 aromatic heterocycles. The van der Waals surface area contributed by atoms with Crippen molar-refractivity contribution < 1.29 is 13.2 Å². The van der Waals surface area contributed by atoms with Crippen molar-refractivity contribution in [2.45, 2.75) is 0 Å². The molecule has 0 aliphatic rings. The molecule has 0 radical (unpaired) electrons. The SMILES string of the molecule is Fc1cccc2c1cc(F)c1oc3nc(Cl)ccc3c12. The molecule has 0 bridgehead atoms. The summed E-state index contributed by atoms with van der Waals surface area (Å²) in [7, 11) is 0. The largest absolute Gasteiger partial charge is 0.435 e. The fourth-order valence-corrected chi connectivity index (χ4v) is 2.63. The van der Waals surface area contributed by atoms with Crippen LogP contribution in [0.15, 0.2) is 40.8 Å². The Morgan fingerprint density at radius 3 is 2.65 bits per heavy atom. The Balaban J connectivity index is 2.35. The van der Waals surface area contributed by atoms with Crippen LogP contribution < -0.4 is 0 Å². The average Bonchev–Trinajstić information content (AvgIpc) is 2.79. The van der Waals surface area contributed by atoms with Gasteiger partial charge in [-0.1, -0.05) is 23.7 Å². The van der Waals surface area contributed by atoms with Crippen molar-refractivity contribution in [1.82, 2.24) is 4.98 Å². The Morgan fingerprint density at radius 2 is 1.80 bits per heavy atom. The lowest BCUT2D eigenvalue weighted by Gasteiger charge is -2.01. The standard InChI is InChI=1S/C15H6ClF2NO/c16-12-5-4-8-13-7-2-1-3-10(17)9(7)6-11(18)14(13)20-15(8)19-12/h1-6H. The van der Waals surface area contributed by atoms with Gasteiger partial charge < -0.3 is 4.42 Å². The molecule has 5 heteroatoms. The van der Waals surface area contributed by atoms with Gasteiger partial charge in [0.1, 0.15) is 11.0 Å². The average molecular weight is 290 g/mol. The van der Waals surface area contributed by atoms with Gasteiger partial charge in [-0.15, -0.1) is 0 Å². The van der Waals surface area contributed by atoms with Gasteiger partial charge in [-0.3, -0.25) is 0 Å². The van der Waals surface area contributed by atoms with E-state index in [1.54, 1.807) is 24.3 Å². The van der Waals surface area contributed by atoms with Gasteiger partial charge >= 0.3 is 0 Å². The van der Waals surface area contributed by atoms with Crippen molar-refractivity contribution >= 4 is 44.4 Å². The van der Waals surface area contributed by atoms with E-state index in [0.29, 0.717) is 16.2 Å². The van der Waals surface area contributed by atoms with Crippen molar-refractivity contribution in [3.8, 4) is 0 Å². The number of furan rings is 1. The highest BCUT2D eigenvalue weighted by atomic mass is 35.5. The molecule has 98 valence electrons. The molecule has 20 heavy (non-hydrogen) atoms. The Bertz CT molecular complexity index is 994. The number of nitrogens with zero attached hydrogens (tertiary/aromatic N) is 1. The quantitative estimate of drug-likeness (QED) is 0.423. The van der Waals surface area contributed by atoms with E-state index in [1.165, 1.54) is 6.07 Å². The maximum atomic E-state index is 14.1. The van der Waals surface area contributed by atoms with Crippen molar-refractivity contribution in [3.05, 3.63) is 53.2 Å². The summed E-state index contributed by atoms with van der Waals surface area (Å²) in [5.74, 6) is -1.09. The lowest BCUT2D eigenvalue weighted by atomic mass is 10.0. The summed E-state index contributed by atoms with van der Waals surface area (Å²) >= 11 is 5.80. The monoisotopic (exact) mass is 289 g/mol. The minimum atomic E-state index is -0.619. The van der Waals surface area contributed by atoms with E-state index in [9.17, 15) is 8.78 Å². The zero-order valence-corrected chi connectivity index (χ0v) is 10.7. The maximum Gasteiger partial charge on any atom is 0.228 e. The van der Waals surface area contributed by atoms with E-state index < -0.39 is 11.6 Å². The third kappa shape index (κ3) is 1.45. The second kappa shape index (κ2) is 3.90. The topological polar surface area (TPSA) is 26.0 Å². The van der Waals surface area contributed by atoms with Crippen LogP contribution in [0.4, 0.5) is 8.78 Å². The van der Waals surface area contributed by atoms with Gasteiger partial charge in [0, 0.05) is 16.2 Å². The molecule has 0 atom stereocenters. The van der Waals surface area contributed by atoms with Crippen LogP contribution in [0.2, 0.25) is 5.15 Å². The third-order valence-corrected chi connectivity index (χ3v) is 3.54. The first-order chi connectivity index (χ1) is 9.65. The lowest BCUT2D eigenvalue weighted by Crippen LogP contribution is -1.83. The Labute approximate surface area is 116 Å². The Kier molecular flexibility index (Phi) is 2.26. The number of halogens is 3. The van der Waals surface area contributed by atoms with Gasteiger partial charge in [-0.2, -0.15) is 0 Å². The van der Waals surface area contributed by atoms with Crippen LogP contribution in [-0.2, 0) is 0 Å². The molecule has 0 N–H and O–H groups in total. The molecule has 0 aliphatic heterocycles. The molecule has 4 aromatic rings. The highest BCUT2D eigenvalue weighted by Crippen LogP contribution is 2.36. The maximum absolute atomic E-state index is 14.1. The summed E-state index contributed by atoms with van der Waals surface area (Å²) in [6, 6.07) is 9.03. The Hall–Kier alpha value is -2.20. The predicted molar refractivity (Wildman–Crippen MR) is 73.9 cm³/mol. The first kappa shape index (κ1) is 11.6. The summed E-state index contributed by atoms with van der Waals surface area (Å²) in [6.45, 7) is 0. The van der Waals surface area contributed by atoms with E-state index in [0.717, 1.165) is 6.07 Å². The molecule has 2 nitrogen and oxygen atoms in total. The summed E-state index contributed by atoms with van der Waals surface area (Å²) in [4.78, 5) is 4.02. The first-order valence-electron chi connectivity index (χ1n) is 5.90. The number of fused-ring (bicyclic) bond motifs is 5. The Morgan fingerprint density at radius 1 is 0.950 bits per heavy atom. The van der Waals surface area contributed by atoms with Crippen LogP contribution in [-0.4, -0.2) is 4.98 Å². The smallest absolute Gasteiger partial charge is 0.228 e. The number of rotatable bonds is 0. The van der Waals surface area contributed by atoms with E-state index in [2.05, 4.69) is 4.98 Å². The number of hydrogen-bond acceptors (Lipinski definition) is 2. The molecule has 0 spiro atoms. The summed E-state index contributed by atoms with van der Waals surface area (Å²) in [5, 5.41) is 2.19. The second-order valence-corrected chi connectivity index (χ2v) is 4.87. The fraction of sp³-hybridized carbons (Fsp3) is 0. The minimum absolute atomic E-state index is 0.0628. The van der Waals surface area contributed by atoms with E-state index in [4.69, 9.17) is 16.0 Å². The van der Waals surface area contributed by atoms with Gasteiger partial charge in [-0.05, 0) is 29.7 Å². The third-order valence-electron chi connectivity index (χ3n) is 3.33. The minimum Gasteiger partial charge on any atom is -0.435 e. The van der Waals surface area contributed by atoms with E-state index in [-0.39, 0.29) is 21.8 Å². The van der Waals surface area contributed by atoms with Crippen LogP contribution in [0.5, 0.6) is 0 Å². The molecule has 0 saturated carbocycles. The molecule has 0 unspecified atom stereocenters. The second-order valence-electron chi connectivity index (χ2n) is 4.49. The highest BCUT2D eigenvalue weighted by Gasteiger charge is 2.17. The van der Waals surface area contributed by atoms with Crippen molar-refractivity contribution in [3.63, 3.8) is 0 Å². The highest BCUT2D eigenvalue weighted by molar-refractivity contribution is 6.30. The van der Waals surface area contributed by atoms with Gasteiger partial charge in [-0.25, -0.2) is 13.8 Å². The molecule has 0 saturated heterocycles. The molecule has 0 amide bonds. The normalized spacial score (nSPS) is 11.8. The summed E-state index contributed by atoms with van der Waals surface area (Å²) < 4.78 is 33.4. The molecular weight excluding hydrogens is 284 g/mol. The zero-order valence-electron chi connectivity index (χ0n) is 9.95.